The molecule has 4 aromatic rings. The van der Waals surface area contributed by atoms with E-state index in [1.807, 2.05) is 72.4 Å². The van der Waals surface area contributed by atoms with Gasteiger partial charge in [-0.15, -0.1) is 0 Å². The normalized spacial score (nSPS) is 11.2. The second-order valence-electron chi connectivity index (χ2n) is 6.31. The molecule has 0 N–H and O–H groups in total. The molecule has 0 aliphatic heterocycles. The summed E-state index contributed by atoms with van der Waals surface area (Å²) in [5.74, 6) is -0.267. The molecule has 0 amide bonds. The fourth-order valence-electron chi connectivity index (χ4n) is 2.80. The predicted molar refractivity (Wildman–Crippen MR) is 107 cm³/mol. The monoisotopic (exact) mass is 355 g/mol. The number of hydrogen-bond donors (Lipinski definition) is 0. The first-order chi connectivity index (χ1) is 13.2. The van der Waals surface area contributed by atoms with Crippen molar-refractivity contribution in [3.8, 4) is 16.9 Å². The third kappa shape index (κ3) is 3.85. The average molecular weight is 355 g/mol. The summed E-state index contributed by atoms with van der Waals surface area (Å²) < 4.78 is 15.1. The molecule has 1 heterocycles. The van der Waals surface area contributed by atoms with E-state index in [-0.39, 0.29) is 5.82 Å². The molecule has 0 aliphatic carbocycles. The van der Waals surface area contributed by atoms with Crippen LogP contribution in [0, 0.1) is 12.7 Å². The Bertz CT molecular complexity index is 1060. The number of aromatic nitrogens is 2. The van der Waals surface area contributed by atoms with Crippen molar-refractivity contribution >= 4 is 11.9 Å². The van der Waals surface area contributed by atoms with Gasteiger partial charge in [-0.1, -0.05) is 35.9 Å². The minimum Gasteiger partial charge on any atom is -0.256 e. The Morgan fingerprint density at radius 1 is 0.889 bits per heavy atom. The van der Waals surface area contributed by atoms with E-state index >= 15 is 0 Å². The summed E-state index contributed by atoms with van der Waals surface area (Å²) in [5.41, 5.74) is 5.49. The zero-order chi connectivity index (χ0) is 18.6. The van der Waals surface area contributed by atoms with Crippen LogP contribution in [0.15, 0.2) is 90.1 Å². The first-order valence-corrected chi connectivity index (χ1v) is 8.71. The zero-order valence-electron chi connectivity index (χ0n) is 14.9. The second-order valence-corrected chi connectivity index (χ2v) is 6.31. The quantitative estimate of drug-likeness (QED) is 0.430. The van der Waals surface area contributed by atoms with Gasteiger partial charge in [0.2, 0.25) is 0 Å². The van der Waals surface area contributed by atoms with Crippen LogP contribution in [0.5, 0.6) is 0 Å². The molecule has 1 aromatic heterocycles. The Hall–Kier alpha value is -3.53. The van der Waals surface area contributed by atoms with Crippen molar-refractivity contribution < 1.29 is 4.39 Å². The van der Waals surface area contributed by atoms with Crippen molar-refractivity contribution in [1.82, 2.24) is 9.78 Å². The van der Waals surface area contributed by atoms with Gasteiger partial charge in [0.15, 0.2) is 0 Å². The molecule has 0 unspecified atom stereocenters. The summed E-state index contributed by atoms with van der Waals surface area (Å²) >= 11 is 0. The van der Waals surface area contributed by atoms with E-state index < -0.39 is 0 Å². The highest BCUT2D eigenvalue weighted by atomic mass is 19.1. The average Bonchev–Trinajstić information content (AvgIpc) is 3.13. The molecule has 4 heteroatoms. The van der Waals surface area contributed by atoms with E-state index in [9.17, 15) is 4.39 Å². The van der Waals surface area contributed by atoms with Gasteiger partial charge in [-0.05, 0) is 55.5 Å². The van der Waals surface area contributed by atoms with E-state index in [1.54, 1.807) is 18.3 Å². The van der Waals surface area contributed by atoms with Gasteiger partial charge in [0.1, 0.15) is 11.5 Å². The van der Waals surface area contributed by atoms with Gasteiger partial charge in [-0.3, -0.25) is 4.99 Å². The van der Waals surface area contributed by atoms with Crippen LogP contribution >= 0.6 is 0 Å². The van der Waals surface area contributed by atoms with E-state index in [4.69, 9.17) is 5.10 Å². The van der Waals surface area contributed by atoms with Gasteiger partial charge < -0.3 is 0 Å². The maximum atomic E-state index is 13.3. The van der Waals surface area contributed by atoms with Crippen LogP contribution in [0.25, 0.3) is 16.9 Å². The molecule has 3 aromatic carbocycles. The number of aryl methyl sites for hydroxylation is 1. The summed E-state index contributed by atoms with van der Waals surface area (Å²) in [4.78, 5) is 4.58. The topological polar surface area (TPSA) is 30.2 Å². The Labute approximate surface area is 157 Å². The maximum absolute atomic E-state index is 13.3. The molecule has 132 valence electrons. The SMILES string of the molecule is Cc1ccc(/N=C/c2cn(-c3ccccc3)nc2-c2ccc(F)cc2)cc1. The number of hydrogen-bond acceptors (Lipinski definition) is 2. The van der Waals surface area contributed by atoms with Crippen LogP contribution in [0.1, 0.15) is 11.1 Å². The minimum absolute atomic E-state index is 0.267. The highest BCUT2D eigenvalue weighted by molar-refractivity contribution is 5.90. The van der Waals surface area contributed by atoms with Gasteiger partial charge in [-0.25, -0.2) is 9.07 Å². The lowest BCUT2D eigenvalue weighted by Gasteiger charge is -2.00. The van der Waals surface area contributed by atoms with Crippen LogP contribution in [-0.4, -0.2) is 16.0 Å². The molecule has 0 saturated heterocycles. The third-order valence-electron chi connectivity index (χ3n) is 4.27. The van der Waals surface area contributed by atoms with Crippen LogP contribution in [-0.2, 0) is 0 Å². The summed E-state index contributed by atoms with van der Waals surface area (Å²) in [5, 5.41) is 4.71. The lowest BCUT2D eigenvalue weighted by molar-refractivity contribution is 0.628. The summed E-state index contributed by atoms with van der Waals surface area (Å²) in [6.45, 7) is 2.05. The van der Waals surface area contributed by atoms with E-state index in [0.717, 1.165) is 28.2 Å². The number of halogens is 1. The molecule has 3 nitrogen and oxygen atoms in total. The van der Waals surface area contributed by atoms with E-state index in [0.29, 0.717) is 0 Å². The number of rotatable bonds is 4. The number of aliphatic imine (C=N–C) groups is 1. The van der Waals surface area contributed by atoms with Crippen molar-refractivity contribution in [3.05, 3.63) is 102 Å². The lowest BCUT2D eigenvalue weighted by Crippen LogP contribution is -1.94. The molecular formula is C23H18FN3. The number of benzene rings is 3. The molecule has 0 aliphatic rings. The standard InChI is InChI=1S/C23H18FN3/c1-17-7-13-21(14-8-17)25-15-19-16-27(22-5-3-2-4-6-22)26-23(19)18-9-11-20(24)12-10-18/h2-16H,1H3/b25-15+. The molecule has 0 fully saturated rings. The van der Waals surface area contributed by atoms with Gasteiger partial charge in [-0.2, -0.15) is 5.10 Å². The van der Waals surface area contributed by atoms with Crippen molar-refractivity contribution in [2.45, 2.75) is 6.92 Å². The number of nitrogens with zero attached hydrogens (tertiary/aromatic N) is 3. The van der Waals surface area contributed by atoms with Crippen LogP contribution in [0.4, 0.5) is 10.1 Å². The molecule has 0 saturated carbocycles. The first kappa shape index (κ1) is 16.9. The van der Waals surface area contributed by atoms with Gasteiger partial charge >= 0.3 is 0 Å². The first-order valence-electron chi connectivity index (χ1n) is 8.71. The largest absolute Gasteiger partial charge is 0.256 e. The Morgan fingerprint density at radius 2 is 1.59 bits per heavy atom. The Morgan fingerprint density at radius 3 is 2.30 bits per heavy atom. The molecule has 0 bridgehead atoms. The Balaban J connectivity index is 1.77. The van der Waals surface area contributed by atoms with E-state index in [1.165, 1.54) is 17.7 Å². The summed E-state index contributed by atoms with van der Waals surface area (Å²) in [6, 6.07) is 24.2. The fourth-order valence-corrected chi connectivity index (χ4v) is 2.80. The van der Waals surface area contributed by atoms with Gasteiger partial charge in [0, 0.05) is 23.5 Å². The van der Waals surface area contributed by atoms with Gasteiger partial charge in [0.25, 0.3) is 0 Å². The third-order valence-corrected chi connectivity index (χ3v) is 4.27. The summed E-state index contributed by atoms with van der Waals surface area (Å²) in [7, 11) is 0. The highest BCUT2D eigenvalue weighted by Gasteiger charge is 2.11. The van der Waals surface area contributed by atoms with E-state index in [2.05, 4.69) is 4.99 Å². The highest BCUT2D eigenvalue weighted by Crippen LogP contribution is 2.24. The summed E-state index contributed by atoms with van der Waals surface area (Å²) in [6.07, 6.45) is 3.74. The predicted octanol–water partition coefficient (Wildman–Crippen LogP) is 5.74. The van der Waals surface area contributed by atoms with Crippen LogP contribution in [0.3, 0.4) is 0 Å². The molecule has 0 atom stereocenters. The lowest BCUT2D eigenvalue weighted by atomic mass is 10.1. The van der Waals surface area contributed by atoms with Crippen LogP contribution < -0.4 is 0 Å². The molecule has 27 heavy (non-hydrogen) atoms. The molecular weight excluding hydrogens is 337 g/mol. The Kier molecular flexibility index (Phi) is 4.62. The molecule has 4 rings (SSSR count). The molecule has 0 radical (unpaired) electrons. The van der Waals surface area contributed by atoms with Crippen molar-refractivity contribution in [1.29, 1.82) is 0 Å². The fraction of sp³-hybridized carbons (Fsp3) is 0.0435. The van der Waals surface area contributed by atoms with Crippen molar-refractivity contribution in [2.24, 2.45) is 4.99 Å². The van der Waals surface area contributed by atoms with Crippen LogP contribution in [0.2, 0.25) is 0 Å². The molecule has 0 spiro atoms. The zero-order valence-corrected chi connectivity index (χ0v) is 14.9. The van der Waals surface area contributed by atoms with Gasteiger partial charge in [0.05, 0.1) is 11.4 Å². The smallest absolute Gasteiger partial charge is 0.123 e. The van der Waals surface area contributed by atoms with Crippen molar-refractivity contribution in [2.75, 3.05) is 0 Å². The maximum Gasteiger partial charge on any atom is 0.123 e. The van der Waals surface area contributed by atoms with Crippen molar-refractivity contribution in [3.63, 3.8) is 0 Å². The second kappa shape index (κ2) is 7.38. The number of para-hydroxylation sites is 1. The minimum atomic E-state index is -0.267.